The molecule has 0 fully saturated rings. The van der Waals surface area contributed by atoms with E-state index in [2.05, 4.69) is 20.7 Å². The van der Waals surface area contributed by atoms with Gasteiger partial charge < -0.3 is 9.47 Å². The van der Waals surface area contributed by atoms with Crippen molar-refractivity contribution in [3.8, 4) is 0 Å². The molecule has 0 aromatic heterocycles. The van der Waals surface area contributed by atoms with Gasteiger partial charge in [-0.3, -0.25) is 9.69 Å². The van der Waals surface area contributed by atoms with Gasteiger partial charge in [0.25, 0.3) is 0 Å². The molecule has 0 heterocycles. The summed E-state index contributed by atoms with van der Waals surface area (Å²) in [4.78, 5) is 23.3. The molecule has 98 valence electrons. The number of carbonyl (C=O) groups is 2. The van der Waals surface area contributed by atoms with Gasteiger partial charge in [0.05, 0.1) is 0 Å². The second kappa shape index (κ2) is 7.00. The van der Waals surface area contributed by atoms with Crippen molar-refractivity contribution in [3.63, 3.8) is 0 Å². The van der Waals surface area contributed by atoms with Crippen molar-refractivity contribution >= 4 is 28.0 Å². The SMILES string of the molecule is CC(=O)OCN(C)C(=O)OCc1cccc(Br)c1. The molecule has 0 N–H and O–H groups in total. The molecule has 0 aliphatic heterocycles. The summed E-state index contributed by atoms with van der Waals surface area (Å²) in [5.41, 5.74) is 0.874. The first-order valence-electron chi connectivity index (χ1n) is 5.24. The van der Waals surface area contributed by atoms with Crippen LogP contribution in [-0.2, 0) is 20.9 Å². The molecule has 0 atom stereocenters. The van der Waals surface area contributed by atoms with E-state index in [1.165, 1.54) is 18.9 Å². The Bertz CT molecular complexity index is 436. The highest BCUT2D eigenvalue weighted by molar-refractivity contribution is 9.10. The molecule has 18 heavy (non-hydrogen) atoms. The predicted molar refractivity (Wildman–Crippen MR) is 68.7 cm³/mol. The Hall–Kier alpha value is -1.56. The van der Waals surface area contributed by atoms with Gasteiger partial charge in [0.2, 0.25) is 0 Å². The number of amides is 1. The number of esters is 1. The number of hydrogen-bond donors (Lipinski definition) is 0. The zero-order valence-electron chi connectivity index (χ0n) is 10.2. The maximum atomic E-state index is 11.5. The van der Waals surface area contributed by atoms with E-state index in [1.54, 1.807) is 0 Å². The summed E-state index contributed by atoms with van der Waals surface area (Å²) in [7, 11) is 1.49. The van der Waals surface area contributed by atoms with Gasteiger partial charge >= 0.3 is 12.1 Å². The second-order valence-corrected chi connectivity index (χ2v) is 4.56. The normalized spacial score (nSPS) is 9.72. The molecule has 1 amide bonds. The maximum Gasteiger partial charge on any atom is 0.412 e. The van der Waals surface area contributed by atoms with Crippen LogP contribution in [0, 0.1) is 0 Å². The standard InChI is InChI=1S/C12H14BrNO4/c1-9(15)18-8-14(2)12(16)17-7-10-4-3-5-11(13)6-10/h3-6H,7-8H2,1-2H3. The van der Waals surface area contributed by atoms with E-state index in [0.717, 1.165) is 10.0 Å². The Morgan fingerprint density at radius 3 is 2.67 bits per heavy atom. The Balaban J connectivity index is 2.38. The van der Waals surface area contributed by atoms with E-state index in [9.17, 15) is 9.59 Å². The van der Waals surface area contributed by atoms with E-state index < -0.39 is 12.1 Å². The molecular weight excluding hydrogens is 302 g/mol. The molecule has 0 bridgehead atoms. The third-order valence-corrected chi connectivity index (χ3v) is 2.52. The van der Waals surface area contributed by atoms with Crippen LogP contribution in [0.25, 0.3) is 0 Å². The van der Waals surface area contributed by atoms with Crippen LogP contribution in [0.3, 0.4) is 0 Å². The molecular formula is C12H14BrNO4. The topological polar surface area (TPSA) is 55.8 Å². The number of nitrogens with zero attached hydrogens (tertiary/aromatic N) is 1. The van der Waals surface area contributed by atoms with Crippen molar-refractivity contribution in [1.29, 1.82) is 0 Å². The summed E-state index contributed by atoms with van der Waals surface area (Å²) in [6.07, 6.45) is -0.545. The van der Waals surface area contributed by atoms with Gasteiger partial charge in [-0.15, -0.1) is 0 Å². The number of ether oxygens (including phenoxy) is 2. The highest BCUT2D eigenvalue weighted by atomic mass is 79.9. The minimum Gasteiger partial charge on any atom is -0.444 e. The van der Waals surface area contributed by atoms with Gasteiger partial charge in [0.1, 0.15) is 6.61 Å². The quantitative estimate of drug-likeness (QED) is 0.633. The van der Waals surface area contributed by atoms with E-state index in [1.807, 2.05) is 24.3 Å². The Morgan fingerprint density at radius 1 is 1.33 bits per heavy atom. The van der Waals surface area contributed by atoms with Gasteiger partial charge in [-0.05, 0) is 17.7 Å². The van der Waals surface area contributed by atoms with Gasteiger partial charge in [0, 0.05) is 18.4 Å². The van der Waals surface area contributed by atoms with Crippen molar-refractivity contribution in [1.82, 2.24) is 4.90 Å². The largest absolute Gasteiger partial charge is 0.444 e. The number of rotatable bonds is 4. The number of benzene rings is 1. The molecule has 0 spiro atoms. The zero-order chi connectivity index (χ0) is 13.5. The molecule has 0 unspecified atom stereocenters. The third-order valence-electron chi connectivity index (χ3n) is 2.02. The Kier molecular flexibility index (Phi) is 5.64. The lowest BCUT2D eigenvalue weighted by Crippen LogP contribution is -2.30. The lowest BCUT2D eigenvalue weighted by Gasteiger charge is -2.16. The van der Waals surface area contributed by atoms with E-state index in [0.29, 0.717) is 0 Å². The Morgan fingerprint density at radius 2 is 2.06 bits per heavy atom. The van der Waals surface area contributed by atoms with E-state index in [-0.39, 0.29) is 13.3 Å². The molecule has 0 saturated carbocycles. The summed E-state index contributed by atoms with van der Waals surface area (Å²) >= 11 is 3.33. The lowest BCUT2D eigenvalue weighted by molar-refractivity contribution is -0.144. The van der Waals surface area contributed by atoms with Crippen LogP contribution in [0.5, 0.6) is 0 Å². The molecule has 6 heteroatoms. The molecule has 1 aromatic rings. The molecule has 5 nitrogen and oxygen atoms in total. The van der Waals surface area contributed by atoms with Gasteiger partial charge in [-0.2, -0.15) is 0 Å². The summed E-state index contributed by atoms with van der Waals surface area (Å²) in [5, 5.41) is 0. The molecule has 0 saturated heterocycles. The minimum atomic E-state index is -0.545. The first-order valence-corrected chi connectivity index (χ1v) is 6.04. The predicted octanol–water partition coefficient (Wildman–Crippen LogP) is 2.54. The summed E-state index contributed by atoms with van der Waals surface area (Å²) in [6.45, 7) is 1.33. The first-order chi connectivity index (χ1) is 8.49. The highest BCUT2D eigenvalue weighted by Gasteiger charge is 2.11. The van der Waals surface area contributed by atoms with Crippen LogP contribution in [0.4, 0.5) is 4.79 Å². The molecule has 0 radical (unpaired) electrons. The average molecular weight is 316 g/mol. The van der Waals surface area contributed by atoms with Crippen molar-refractivity contribution in [2.24, 2.45) is 0 Å². The van der Waals surface area contributed by atoms with Crippen LogP contribution in [0.15, 0.2) is 28.7 Å². The summed E-state index contributed by atoms with van der Waals surface area (Å²) in [6, 6.07) is 7.46. The highest BCUT2D eigenvalue weighted by Crippen LogP contribution is 2.12. The fraction of sp³-hybridized carbons (Fsp3) is 0.333. The lowest BCUT2D eigenvalue weighted by atomic mass is 10.2. The van der Waals surface area contributed by atoms with Crippen LogP contribution in [-0.4, -0.2) is 30.7 Å². The number of carbonyl (C=O) groups excluding carboxylic acids is 2. The van der Waals surface area contributed by atoms with Gasteiger partial charge in [0.15, 0.2) is 6.73 Å². The van der Waals surface area contributed by atoms with Crippen molar-refractivity contribution in [3.05, 3.63) is 34.3 Å². The molecule has 0 aliphatic carbocycles. The van der Waals surface area contributed by atoms with E-state index >= 15 is 0 Å². The van der Waals surface area contributed by atoms with E-state index in [4.69, 9.17) is 4.74 Å². The third kappa shape index (κ3) is 5.18. The monoisotopic (exact) mass is 315 g/mol. The summed E-state index contributed by atoms with van der Waals surface area (Å²) in [5.74, 6) is -0.443. The zero-order valence-corrected chi connectivity index (χ0v) is 11.8. The van der Waals surface area contributed by atoms with Crippen LogP contribution >= 0.6 is 15.9 Å². The molecule has 1 rings (SSSR count). The minimum absolute atomic E-state index is 0.118. The van der Waals surface area contributed by atoms with Gasteiger partial charge in [-0.25, -0.2) is 4.79 Å². The Labute approximate surface area is 114 Å². The second-order valence-electron chi connectivity index (χ2n) is 3.65. The smallest absolute Gasteiger partial charge is 0.412 e. The fourth-order valence-corrected chi connectivity index (χ4v) is 1.57. The van der Waals surface area contributed by atoms with Crippen LogP contribution < -0.4 is 0 Å². The van der Waals surface area contributed by atoms with Crippen molar-refractivity contribution in [2.45, 2.75) is 13.5 Å². The maximum absolute atomic E-state index is 11.5. The van der Waals surface area contributed by atoms with Crippen LogP contribution in [0.2, 0.25) is 0 Å². The van der Waals surface area contributed by atoms with Crippen molar-refractivity contribution in [2.75, 3.05) is 13.8 Å². The van der Waals surface area contributed by atoms with Gasteiger partial charge in [-0.1, -0.05) is 28.1 Å². The van der Waals surface area contributed by atoms with Crippen LogP contribution in [0.1, 0.15) is 12.5 Å². The number of hydrogen-bond acceptors (Lipinski definition) is 4. The first kappa shape index (κ1) is 14.5. The fourth-order valence-electron chi connectivity index (χ4n) is 1.12. The summed E-state index contributed by atoms with van der Waals surface area (Å²) < 4.78 is 10.6. The number of halogens is 1. The molecule has 0 aliphatic rings. The molecule has 1 aromatic carbocycles. The van der Waals surface area contributed by atoms with Crippen molar-refractivity contribution < 1.29 is 19.1 Å². The average Bonchev–Trinajstić information content (AvgIpc) is 2.33.